The third-order valence-corrected chi connectivity index (χ3v) is 6.55. The third-order valence-electron chi connectivity index (χ3n) is 6.55. The van der Waals surface area contributed by atoms with Crippen molar-refractivity contribution in [1.82, 2.24) is 26.6 Å². The average molecular weight is 640 g/mol. The lowest BCUT2D eigenvalue weighted by Crippen LogP contribution is -2.51. The van der Waals surface area contributed by atoms with E-state index in [-0.39, 0.29) is 38.7 Å². The number of benzene rings is 2. The van der Waals surface area contributed by atoms with Gasteiger partial charge in [-0.1, -0.05) is 48.5 Å². The van der Waals surface area contributed by atoms with Gasteiger partial charge in [0.15, 0.2) is 0 Å². The lowest BCUT2D eigenvalue weighted by atomic mass is 9.98. The summed E-state index contributed by atoms with van der Waals surface area (Å²) < 4.78 is 15.9. The lowest BCUT2D eigenvalue weighted by molar-refractivity contribution is -0.128. The van der Waals surface area contributed by atoms with Gasteiger partial charge < -0.3 is 40.8 Å². The minimum absolute atomic E-state index is 0.0162. The summed E-state index contributed by atoms with van der Waals surface area (Å²) in [6.45, 7) is 10.6. The van der Waals surface area contributed by atoms with Gasteiger partial charge in [0.25, 0.3) is 0 Å². The zero-order chi connectivity index (χ0) is 33.9. The normalized spacial score (nSPS) is 12.9. The second-order valence-corrected chi connectivity index (χ2v) is 12.7. The molecule has 13 nitrogen and oxygen atoms in total. The summed E-state index contributed by atoms with van der Waals surface area (Å²) in [5.41, 5.74) is 2.86. The van der Waals surface area contributed by atoms with E-state index in [2.05, 4.69) is 26.6 Å². The van der Waals surface area contributed by atoms with Crippen LogP contribution < -0.4 is 26.6 Å². The second kappa shape index (κ2) is 16.0. The van der Waals surface area contributed by atoms with Crippen molar-refractivity contribution < 1.29 is 38.2 Å². The molecular formula is C33H45N5O8. The molecule has 2 aromatic rings. The van der Waals surface area contributed by atoms with Crippen LogP contribution in [0.5, 0.6) is 0 Å². The van der Waals surface area contributed by atoms with Crippen LogP contribution in [0.1, 0.15) is 65.0 Å². The van der Waals surface area contributed by atoms with Gasteiger partial charge in [0.05, 0.1) is 6.42 Å². The molecular weight excluding hydrogens is 594 g/mol. The van der Waals surface area contributed by atoms with Gasteiger partial charge in [-0.2, -0.15) is 0 Å². The first-order valence-corrected chi connectivity index (χ1v) is 15.2. The van der Waals surface area contributed by atoms with E-state index in [1.807, 2.05) is 48.5 Å². The summed E-state index contributed by atoms with van der Waals surface area (Å²) >= 11 is 0. The van der Waals surface area contributed by atoms with Crippen molar-refractivity contribution in [3.8, 4) is 11.1 Å². The Labute approximate surface area is 269 Å². The van der Waals surface area contributed by atoms with Crippen molar-refractivity contribution in [1.29, 1.82) is 0 Å². The molecule has 0 bridgehead atoms. The Bertz CT molecular complexity index is 1350. The number of alkyl carbamates (subject to hydrolysis) is 3. The van der Waals surface area contributed by atoms with Gasteiger partial charge in [-0.3, -0.25) is 9.59 Å². The molecule has 5 amide bonds. The molecule has 0 aliphatic heterocycles. The molecule has 46 heavy (non-hydrogen) atoms. The summed E-state index contributed by atoms with van der Waals surface area (Å²) in [4.78, 5) is 62.4. The molecule has 0 fully saturated rings. The monoisotopic (exact) mass is 639 g/mol. The Morgan fingerprint density at radius 2 is 1.11 bits per heavy atom. The van der Waals surface area contributed by atoms with Gasteiger partial charge in [-0.15, -0.1) is 0 Å². The standard InChI is InChI=1S/C33H45N5O8/c1-32(2,3)45-29(41)36-17-15-34-27(39)19-26(28(40)35-16-18-37-30(42)46-33(4,5)6)38-31(43)44-20-25-23-13-9-7-11-21(23)22-12-8-10-14-24(22)25/h7-14,25-26H,15-20H2,1-6H3,(H,34,39)(H,35,40)(H,36,41)(H,37,42)(H,38,43)/t26-/m0/s1. The molecule has 0 radical (unpaired) electrons. The Morgan fingerprint density at radius 1 is 0.652 bits per heavy atom. The maximum Gasteiger partial charge on any atom is 0.407 e. The van der Waals surface area contributed by atoms with Crippen LogP contribution in [-0.4, -0.2) is 80.1 Å². The minimum atomic E-state index is -1.28. The van der Waals surface area contributed by atoms with Crippen LogP contribution in [0.15, 0.2) is 48.5 Å². The fraction of sp³-hybridized carbons (Fsp3) is 0.485. The van der Waals surface area contributed by atoms with Gasteiger partial charge in [0.1, 0.15) is 23.9 Å². The van der Waals surface area contributed by atoms with E-state index in [0.717, 1.165) is 22.3 Å². The molecule has 1 aliphatic rings. The largest absolute Gasteiger partial charge is 0.449 e. The van der Waals surface area contributed by atoms with Crippen molar-refractivity contribution in [2.45, 2.75) is 71.1 Å². The van der Waals surface area contributed by atoms with Crippen molar-refractivity contribution in [3.63, 3.8) is 0 Å². The van der Waals surface area contributed by atoms with E-state index in [4.69, 9.17) is 14.2 Å². The zero-order valence-corrected chi connectivity index (χ0v) is 27.3. The molecule has 5 N–H and O–H groups in total. The van der Waals surface area contributed by atoms with E-state index in [9.17, 15) is 24.0 Å². The van der Waals surface area contributed by atoms with Crippen LogP contribution in [-0.2, 0) is 23.8 Å². The van der Waals surface area contributed by atoms with Crippen LogP contribution in [0.3, 0.4) is 0 Å². The molecule has 0 saturated carbocycles. The van der Waals surface area contributed by atoms with E-state index >= 15 is 0 Å². The number of hydrogen-bond donors (Lipinski definition) is 5. The summed E-state index contributed by atoms with van der Waals surface area (Å²) in [7, 11) is 0. The molecule has 13 heteroatoms. The van der Waals surface area contributed by atoms with Crippen LogP contribution in [0.4, 0.5) is 14.4 Å². The molecule has 0 aromatic heterocycles. The first-order chi connectivity index (χ1) is 21.6. The predicted molar refractivity (Wildman–Crippen MR) is 171 cm³/mol. The Hall–Kier alpha value is -4.81. The number of amides is 5. The molecule has 0 saturated heterocycles. The van der Waals surface area contributed by atoms with Crippen LogP contribution >= 0.6 is 0 Å². The Morgan fingerprint density at radius 3 is 1.61 bits per heavy atom. The topological polar surface area (TPSA) is 173 Å². The van der Waals surface area contributed by atoms with E-state index in [1.165, 1.54) is 0 Å². The fourth-order valence-corrected chi connectivity index (χ4v) is 4.72. The van der Waals surface area contributed by atoms with Gasteiger partial charge in [0, 0.05) is 32.1 Å². The zero-order valence-electron chi connectivity index (χ0n) is 27.3. The quantitative estimate of drug-likeness (QED) is 0.173. The molecule has 1 atom stereocenters. The fourth-order valence-electron chi connectivity index (χ4n) is 4.72. The van der Waals surface area contributed by atoms with Crippen LogP contribution in [0, 0.1) is 0 Å². The van der Waals surface area contributed by atoms with Gasteiger partial charge in [-0.25, -0.2) is 14.4 Å². The van der Waals surface area contributed by atoms with E-state index in [0.29, 0.717) is 0 Å². The highest BCUT2D eigenvalue weighted by Crippen LogP contribution is 2.44. The van der Waals surface area contributed by atoms with Gasteiger partial charge >= 0.3 is 18.3 Å². The SMILES string of the molecule is CC(C)(C)OC(=O)NCCNC(=O)C[C@H](NC(=O)OCC1c2ccccc2-c2ccccc21)C(=O)NCCNC(=O)OC(C)(C)C. The Kier molecular flexibility index (Phi) is 12.4. The maximum absolute atomic E-state index is 13.0. The summed E-state index contributed by atoms with van der Waals surface area (Å²) in [5.74, 6) is -1.39. The second-order valence-electron chi connectivity index (χ2n) is 12.7. The first kappa shape index (κ1) is 35.7. The maximum atomic E-state index is 13.0. The number of carbonyl (C=O) groups excluding carboxylic acids is 5. The molecule has 3 rings (SSSR count). The van der Waals surface area contributed by atoms with Gasteiger partial charge in [0.2, 0.25) is 11.8 Å². The number of ether oxygens (including phenoxy) is 3. The highest BCUT2D eigenvalue weighted by Gasteiger charge is 2.30. The summed E-state index contributed by atoms with van der Waals surface area (Å²) in [5, 5.41) is 12.8. The molecule has 0 spiro atoms. The van der Waals surface area contributed by atoms with Crippen LogP contribution in [0.2, 0.25) is 0 Å². The van der Waals surface area contributed by atoms with Crippen LogP contribution in [0.25, 0.3) is 11.1 Å². The number of carbonyl (C=O) groups is 5. The summed E-state index contributed by atoms with van der Waals surface area (Å²) in [6, 6.07) is 14.5. The van der Waals surface area contributed by atoms with Crippen molar-refractivity contribution in [2.75, 3.05) is 32.8 Å². The third kappa shape index (κ3) is 11.6. The smallest absolute Gasteiger partial charge is 0.407 e. The molecule has 0 heterocycles. The number of nitrogens with one attached hydrogen (secondary N) is 5. The first-order valence-electron chi connectivity index (χ1n) is 15.2. The summed E-state index contributed by atoms with van der Waals surface area (Å²) in [6.07, 6.45) is -2.54. The average Bonchev–Trinajstić information content (AvgIpc) is 3.28. The lowest BCUT2D eigenvalue weighted by Gasteiger charge is -2.21. The molecule has 0 unspecified atom stereocenters. The highest BCUT2D eigenvalue weighted by atomic mass is 16.6. The number of rotatable bonds is 12. The molecule has 2 aromatic carbocycles. The minimum Gasteiger partial charge on any atom is -0.449 e. The molecule has 1 aliphatic carbocycles. The van der Waals surface area contributed by atoms with Gasteiger partial charge in [-0.05, 0) is 63.8 Å². The highest BCUT2D eigenvalue weighted by molar-refractivity contribution is 5.91. The Balaban J connectivity index is 1.56. The number of hydrogen-bond acceptors (Lipinski definition) is 8. The predicted octanol–water partition coefficient (Wildman–Crippen LogP) is 3.57. The molecule has 250 valence electrons. The van der Waals surface area contributed by atoms with E-state index in [1.54, 1.807) is 41.5 Å². The number of fused-ring (bicyclic) bond motifs is 3. The van der Waals surface area contributed by atoms with Crippen molar-refractivity contribution in [3.05, 3.63) is 59.7 Å². The van der Waals surface area contributed by atoms with Crippen molar-refractivity contribution in [2.24, 2.45) is 0 Å². The van der Waals surface area contributed by atoms with E-state index < -0.39 is 53.8 Å². The van der Waals surface area contributed by atoms with Crippen molar-refractivity contribution >= 4 is 30.1 Å².